The van der Waals surface area contributed by atoms with E-state index in [4.69, 9.17) is 4.74 Å². The van der Waals surface area contributed by atoms with Crippen LogP contribution in [0, 0.1) is 0 Å². The highest BCUT2D eigenvalue weighted by molar-refractivity contribution is 6.04. The molecule has 1 saturated carbocycles. The fourth-order valence-electron chi connectivity index (χ4n) is 5.97. The Morgan fingerprint density at radius 3 is 2.28 bits per heavy atom. The molecule has 3 aliphatic rings. The molecule has 1 fully saturated rings. The van der Waals surface area contributed by atoms with Gasteiger partial charge in [0, 0.05) is 49.1 Å². The van der Waals surface area contributed by atoms with Crippen LogP contribution in [0.3, 0.4) is 0 Å². The molecule has 0 radical (unpaired) electrons. The quantitative estimate of drug-likeness (QED) is 0.528. The molecule has 2 aromatic carbocycles. The SMILES string of the molecule is CC1=C(C(=O)OC2CCCCC2)[C@@H](c2ccc(N(C)C)cc2)C2=C(C[C@H](c3ccccc3)CC2=O)N1. The summed E-state index contributed by atoms with van der Waals surface area (Å²) in [6.45, 7) is 1.94. The van der Waals surface area contributed by atoms with Crippen LogP contribution in [0.15, 0.2) is 77.1 Å². The number of rotatable bonds is 5. The van der Waals surface area contributed by atoms with Gasteiger partial charge in [0.1, 0.15) is 6.10 Å². The maximum Gasteiger partial charge on any atom is 0.337 e. The number of ether oxygens (including phenoxy) is 1. The second-order valence-electron chi connectivity index (χ2n) is 10.6. The molecule has 2 aliphatic carbocycles. The predicted octanol–water partition coefficient (Wildman–Crippen LogP) is 5.99. The Kier molecular flexibility index (Phi) is 6.99. The first kappa shape index (κ1) is 24.4. The standard InChI is InChI=1S/C31H36N2O3/c1-20-28(31(35)36-25-12-8-5-9-13-25)29(22-14-16-24(17-15-22)33(2)3)30-26(32-20)18-23(19-27(30)34)21-10-6-4-7-11-21/h4,6-7,10-11,14-17,23,25,29,32H,5,8-9,12-13,18-19H2,1-3H3/t23-,29+/m0/s1. The first-order chi connectivity index (χ1) is 17.4. The van der Waals surface area contributed by atoms with E-state index in [1.54, 1.807) is 0 Å². The lowest BCUT2D eigenvalue weighted by molar-refractivity contribution is -0.146. The Balaban J connectivity index is 1.53. The van der Waals surface area contributed by atoms with Crippen LogP contribution in [0.4, 0.5) is 5.69 Å². The average molecular weight is 485 g/mol. The number of esters is 1. The van der Waals surface area contributed by atoms with Gasteiger partial charge in [0.15, 0.2) is 5.78 Å². The van der Waals surface area contributed by atoms with Crippen molar-refractivity contribution in [3.05, 3.63) is 88.3 Å². The molecule has 2 aromatic rings. The van der Waals surface area contributed by atoms with Gasteiger partial charge in [0.2, 0.25) is 0 Å². The van der Waals surface area contributed by atoms with Crippen molar-refractivity contribution in [3.8, 4) is 0 Å². The van der Waals surface area contributed by atoms with Gasteiger partial charge in [-0.25, -0.2) is 4.79 Å². The molecule has 0 saturated heterocycles. The number of carbonyl (C=O) groups is 2. The van der Waals surface area contributed by atoms with Crippen molar-refractivity contribution < 1.29 is 14.3 Å². The van der Waals surface area contributed by atoms with Crippen LogP contribution in [0.2, 0.25) is 0 Å². The summed E-state index contributed by atoms with van der Waals surface area (Å²) in [6.07, 6.45) is 6.38. The highest BCUT2D eigenvalue weighted by Crippen LogP contribution is 2.46. The van der Waals surface area contributed by atoms with E-state index in [0.29, 0.717) is 12.0 Å². The molecule has 0 amide bonds. The van der Waals surface area contributed by atoms with Gasteiger partial charge in [-0.1, -0.05) is 48.9 Å². The zero-order chi connectivity index (χ0) is 25.2. The molecular weight excluding hydrogens is 448 g/mol. The van der Waals surface area contributed by atoms with E-state index in [1.165, 1.54) is 12.0 Å². The number of carbonyl (C=O) groups excluding carboxylic acids is 2. The van der Waals surface area contributed by atoms with Crippen LogP contribution in [0.25, 0.3) is 0 Å². The summed E-state index contributed by atoms with van der Waals surface area (Å²) in [7, 11) is 4.01. The van der Waals surface area contributed by atoms with Crippen LogP contribution in [-0.4, -0.2) is 32.0 Å². The lowest BCUT2D eigenvalue weighted by Crippen LogP contribution is -2.37. The number of benzene rings is 2. The number of anilines is 1. The van der Waals surface area contributed by atoms with Gasteiger partial charge in [-0.05, 0) is 68.2 Å². The highest BCUT2D eigenvalue weighted by atomic mass is 16.5. The Morgan fingerprint density at radius 1 is 0.917 bits per heavy atom. The lowest BCUT2D eigenvalue weighted by Gasteiger charge is -2.37. The molecule has 0 unspecified atom stereocenters. The van der Waals surface area contributed by atoms with Crippen molar-refractivity contribution in [2.24, 2.45) is 0 Å². The van der Waals surface area contributed by atoms with Crippen LogP contribution in [-0.2, 0) is 14.3 Å². The van der Waals surface area contributed by atoms with Crippen LogP contribution >= 0.6 is 0 Å². The molecule has 1 heterocycles. The Labute approximate surface area is 214 Å². The van der Waals surface area contributed by atoms with Crippen molar-refractivity contribution in [2.45, 2.75) is 69.8 Å². The molecule has 188 valence electrons. The molecule has 1 N–H and O–H groups in total. The van der Waals surface area contributed by atoms with E-state index in [2.05, 4.69) is 29.6 Å². The summed E-state index contributed by atoms with van der Waals surface area (Å²) in [5, 5.41) is 3.48. The van der Waals surface area contributed by atoms with E-state index in [-0.39, 0.29) is 23.8 Å². The average Bonchev–Trinajstić information content (AvgIpc) is 2.89. The van der Waals surface area contributed by atoms with Gasteiger partial charge in [-0.2, -0.15) is 0 Å². The molecule has 5 rings (SSSR count). The number of Topliss-reactive ketones (excluding diaryl/α,β-unsaturated/α-hetero) is 1. The van der Waals surface area contributed by atoms with E-state index in [0.717, 1.165) is 60.3 Å². The van der Waals surface area contributed by atoms with Gasteiger partial charge < -0.3 is 15.0 Å². The smallest absolute Gasteiger partial charge is 0.337 e. The van der Waals surface area contributed by atoms with Crippen molar-refractivity contribution >= 4 is 17.4 Å². The second kappa shape index (κ2) is 10.3. The molecular formula is C31H36N2O3. The summed E-state index contributed by atoms with van der Waals surface area (Å²) >= 11 is 0. The predicted molar refractivity (Wildman–Crippen MR) is 143 cm³/mol. The number of nitrogens with one attached hydrogen (secondary N) is 1. The third-order valence-electron chi connectivity index (χ3n) is 7.89. The molecule has 2 atom stereocenters. The van der Waals surface area contributed by atoms with Gasteiger partial charge in [-0.15, -0.1) is 0 Å². The zero-order valence-corrected chi connectivity index (χ0v) is 21.5. The number of allylic oxidation sites excluding steroid dienone is 3. The van der Waals surface area contributed by atoms with E-state index < -0.39 is 5.92 Å². The van der Waals surface area contributed by atoms with Gasteiger partial charge in [-0.3, -0.25) is 4.79 Å². The minimum atomic E-state index is -0.419. The minimum absolute atomic E-state index is 0.0387. The number of nitrogens with zero attached hydrogens (tertiary/aromatic N) is 1. The topological polar surface area (TPSA) is 58.6 Å². The zero-order valence-electron chi connectivity index (χ0n) is 21.5. The summed E-state index contributed by atoms with van der Waals surface area (Å²) in [6, 6.07) is 18.5. The Hall–Kier alpha value is -3.34. The lowest BCUT2D eigenvalue weighted by atomic mass is 9.71. The molecule has 1 aliphatic heterocycles. The fourth-order valence-corrected chi connectivity index (χ4v) is 5.97. The van der Waals surface area contributed by atoms with E-state index in [9.17, 15) is 9.59 Å². The first-order valence-corrected chi connectivity index (χ1v) is 13.2. The summed E-state index contributed by atoms with van der Waals surface area (Å²) in [4.78, 5) is 29.4. The van der Waals surface area contributed by atoms with Crippen molar-refractivity contribution in [1.29, 1.82) is 0 Å². The molecule has 5 nitrogen and oxygen atoms in total. The summed E-state index contributed by atoms with van der Waals surface area (Å²) in [5.41, 5.74) is 6.23. The minimum Gasteiger partial charge on any atom is -0.459 e. The number of dihydropyridines is 1. The first-order valence-electron chi connectivity index (χ1n) is 13.2. The van der Waals surface area contributed by atoms with Gasteiger partial charge in [0.25, 0.3) is 0 Å². The normalized spacial score (nSPS) is 22.7. The number of hydrogen-bond donors (Lipinski definition) is 1. The van der Waals surface area contributed by atoms with Crippen molar-refractivity contribution in [3.63, 3.8) is 0 Å². The second-order valence-corrected chi connectivity index (χ2v) is 10.6. The number of ketones is 1. The van der Waals surface area contributed by atoms with E-state index >= 15 is 0 Å². The Bertz CT molecular complexity index is 1190. The van der Waals surface area contributed by atoms with Crippen molar-refractivity contribution in [1.82, 2.24) is 5.32 Å². The molecule has 0 bridgehead atoms. The highest BCUT2D eigenvalue weighted by Gasteiger charge is 2.41. The van der Waals surface area contributed by atoms with Crippen LogP contribution in [0.1, 0.15) is 74.8 Å². The van der Waals surface area contributed by atoms with E-state index in [1.807, 2.05) is 56.3 Å². The maximum absolute atomic E-state index is 13.8. The maximum atomic E-state index is 13.8. The largest absolute Gasteiger partial charge is 0.459 e. The number of hydrogen-bond acceptors (Lipinski definition) is 5. The summed E-state index contributed by atoms with van der Waals surface area (Å²) < 4.78 is 6.04. The molecule has 0 aromatic heterocycles. The Morgan fingerprint density at radius 2 is 1.61 bits per heavy atom. The summed E-state index contributed by atoms with van der Waals surface area (Å²) in [5.74, 6) is -0.476. The van der Waals surface area contributed by atoms with Gasteiger partial charge >= 0.3 is 5.97 Å². The van der Waals surface area contributed by atoms with Crippen molar-refractivity contribution in [2.75, 3.05) is 19.0 Å². The third kappa shape index (κ3) is 4.84. The molecule has 0 spiro atoms. The third-order valence-corrected chi connectivity index (χ3v) is 7.89. The molecule has 36 heavy (non-hydrogen) atoms. The fraction of sp³-hybridized carbons (Fsp3) is 0.419. The van der Waals surface area contributed by atoms with Gasteiger partial charge in [0.05, 0.1) is 5.57 Å². The molecule has 5 heteroatoms. The monoisotopic (exact) mass is 484 g/mol. The van der Waals surface area contributed by atoms with Crippen LogP contribution < -0.4 is 10.2 Å². The van der Waals surface area contributed by atoms with Crippen LogP contribution in [0.5, 0.6) is 0 Å².